The molecule has 0 spiro atoms. The third-order valence-corrected chi connectivity index (χ3v) is 3.80. The molecule has 0 aromatic heterocycles. The number of rotatable bonds is 5. The van der Waals surface area contributed by atoms with Gasteiger partial charge in [-0.15, -0.1) is 0 Å². The highest BCUT2D eigenvalue weighted by Crippen LogP contribution is 2.18. The predicted molar refractivity (Wildman–Crippen MR) is 75.4 cm³/mol. The normalized spacial score (nSPS) is 12.1. The molecule has 0 saturated heterocycles. The maximum absolute atomic E-state index is 12.0. The Morgan fingerprint density at radius 2 is 1.80 bits per heavy atom. The smallest absolute Gasteiger partial charge is 0.303 e. The van der Waals surface area contributed by atoms with Crippen LogP contribution in [-0.2, 0) is 21.0 Å². The van der Waals surface area contributed by atoms with Gasteiger partial charge in [0, 0.05) is 12.5 Å². The minimum Gasteiger partial charge on any atom is -0.588 e. The van der Waals surface area contributed by atoms with Gasteiger partial charge in [-0.3, -0.25) is 9.59 Å². The average molecular weight is 291 g/mol. The summed E-state index contributed by atoms with van der Waals surface area (Å²) in [4.78, 5) is 22.3. The number of fused-ring (bicyclic) bond motifs is 1. The Kier molecular flexibility index (Phi) is 4.60. The minimum atomic E-state index is -1.68. The van der Waals surface area contributed by atoms with E-state index in [2.05, 4.69) is 4.72 Å². The summed E-state index contributed by atoms with van der Waals surface area (Å²) in [6, 6.07) is 12.9. The SMILES string of the molecule is O=C(O)CCC(=O)N[S+]([O-])c1ccc2ccccc2c1. The van der Waals surface area contributed by atoms with Gasteiger partial charge in [-0.25, -0.2) is 0 Å². The van der Waals surface area contributed by atoms with E-state index >= 15 is 0 Å². The average Bonchev–Trinajstić information content (AvgIpc) is 2.44. The van der Waals surface area contributed by atoms with Crippen LogP contribution in [0.25, 0.3) is 10.8 Å². The van der Waals surface area contributed by atoms with Crippen LogP contribution in [0.2, 0.25) is 0 Å². The first-order valence-electron chi connectivity index (χ1n) is 5.98. The number of carbonyl (C=O) groups is 2. The molecule has 0 radical (unpaired) electrons. The third kappa shape index (κ3) is 3.72. The Labute approximate surface area is 118 Å². The maximum atomic E-state index is 12.0. The van der Waals surface area contributed by atoms with Gasteiger partial charge in [0.25, 0.3) is 5.91 Å². The molecule has 2 aromatic rings. The van der Waals surface area contributed by atoms with E-state index in [0.29, 0.717) is 4.90 Å². The molecular weight excluding hydrogens is 278 g/mol. The van der Waals surface area contributed by atoms with Crippen LogP contribution in [-0.4, -0.2) is 21.5 Å². The van der Waals surface area contributed by atoms with Gasteiger partial charge in [-0.1, -0.05) is 24.3 Å². The summed E-state index contributed by atoms with van der Waals surface area (Å²) in [5.74, 6) is -1.60. The first-order valence-corrected chi connectivity index (χ1v) is 7.13. The zero-order valence-electron chi connectivity index (χ0n) is 10.5. The Morgan fingerprint density at radius 3 is 2.50 bits per heavy atom. The van der Waals surface area contributed by atoms with Crippen LogP contribution in [0, 0.1) is 0 Å². The number of benzene rings is 2. The zero-order valence-corrected chi connectivity index (χ0v) is 11.4. The molecule has 2 rings (SSSR count). The Bertz CT molecular complexity index is 644. The van der Waals surface area contributed by atoms with Crippen LogP contribution >= 0.6 is 0 Å². The van der Waals surface area contributed by atoms with E-state index in [1.807, 2.05) is 30.3 Å². The number of hydrogen-bond donors (Lipinski definition) is 2. The fourth-order valence-electron chi connectivity index (χ4n) is 1.72. The Morgan fingerprint density at radius 1 is 1.10 bits per heavy atom. The van der Waals surface area contributed by atoms with Gasteiger partial charge in [0.15, 0.2) is 4.90 Å². The summed E-state index contributed by atoms with van der Waals surface area (Å²) in [5.41, 5.74) is 0. The third-order valence-electron chi connectivity index (χ3n) is 2.71. The monoisotopic (exact) mass is 291 g/mol. The highest BCUT2D eigenvalue weighted by Gasteiger charge is 2.16. The molecule has 0 heterocycles. The lowest BCUT2D eigenvalue weighted by Crippen LogP contribution is -2.30. The van der Waals surface area contributed by atoms with Crippen LogP contribution in [0.1, 0.15) is 12.8 Å². The van der Waals surface area contributed by atoms with E-state index in [1.54, 1.807) is 12.1 Å². The molecule has 2 aromatic carbocycles. The van der Waals surface area contributed by atoms with Crippen molar-refractivity contribution in [2.75, 3.05) is 0 Å². The number of carbonyl (C=O) groups excluding carboxylic acids is 1. The molecule has 2 N–H and O–H groups in total. The molecule has 0 saturated carbocycles. The lowest BCUT2D eigenvalue weighted by molar-refractivity contribution is -0.138. The van der Waals surface area contributed by atoms with E-state index in [0.717, 1.165) is 10.8 Å². The second-order valence-electron chi connectivity index (χ2n) is 4.20. The predicted octanol–water partition coefficient (Wildman–Crippen LogP) is 1.84. The Balaban J connectivity index is 2.05. The maximum Gasteiger partial charge on any atom is 0.303 e. The van der Waals surface area contributed by atoms with Crippen molar-refractivity contribution in [3.8, 4) is 0 Å². The summed E-state index contributed by atoms with van der Waals surface area (Å²) in [6.45, 7) is 0. The summed E-state index contributed by atoms with van der Waals surface area (Å²) >= 11 is -1.68. The molecule has 0 fully saturated rings. The van der Waals surface area contributed by atoms with E-state index in [-0.39, 0.29) is 12.8 Å². The topological polar surface area (TPSA) is 89.5 Å². The second-order valence-corrected chi connectivity index (χ2v) is 5.41. The largest absolute Gasteiger partial charge is 0.588 e. The summed E-state index contributed by atoms with van der Waals surface area (Å²) in [5, 5.41) is 10.4. The van der Waals surface area contributed by atoms with Gasteiger partial charge in [-0.2, -0.15) is 4.72 Å². The summed E-state index contributed by atoms with van der Waals surface area (Å²) < 4.78 is 14.3. The van der Waals surface area contributed by atoms with Crippen LogP contribution in [0.5, 0.6) is 0 Å². The number of aliphatic carboxylic acids is 1. The van der Waals surface area contributed by atoms with Gasteiger partial charge in [0.05, 0.1) is 6.42 Å². The molecule has 1 unspecified atom stereocenters. The van der Waals surface area contributed by atoms with E-state index in [4.69, 9.17) is 5.11 Å². The molecule has 0 aliphatic heterocycles. The van der Waals surface area contributed by atoms with Gasteiger partial charge >= 0.3 is 5.97 Å². The Hall–Kier alpha value is -2.05. The van der Waals surface area contributed by atoms with Crippen molar-refractivity contribution in [2.24, 2.45) is 0 Å². The molecule has 104 valence electrons. The van der Waals surface area contributed by atoms with Crippen molar-refractivity contribution in [3.05, 3.63) is 42.5 Å². The van der Waals surface area contributed by atoms with Crippen molar-refractivity contribution >= 4 is 34.0 Å². The number of nitrogens with one attached hydrogen (secondary N) is 1. The lowest BCUT2D eigenvalue weighted by atomic mass is 10.1. The highest BCUT2D eigenvalue weighted by molar-refractivity contribution is 7.90. The molecule has 0 aliphatic carbocycles. The first kappa shape index (κ1) is 14.4. The fourth-order valence-corrected chi connectivity index (χ4v) is 2.57. The van der Waals surface area contributed by atoms with E-state index in [9.17, 15) is 14.1 Å². The van der Waals surface area contributed by atoms with Crippen molar-refractivity contribution in [2.45, 2.75) is 17.7 Å². The van der Waals surface area contributed by atoms with Gasteiger partial charge < -0.3 is 9.66 Å². The first-order chi connectivity index (χ1) is 9.56. The highest BCUT2D eigenvalue weighted by atomic mass is 32.2. The standard InChI is InChI=1S/C14H13NO4S/c16-13(7-8-14(17)18)15-20(19)12-6-5-10-3-1-2-4-11(10)9-12/h1-6,9H,7-8H2,(H,15,16)(H,17,18). The minimum absolute atomic E-state index is 0.186. The fraction of sp³-hybridized carbons (Fsp3) is 0.143. The van der Waals surface area contributed by atoms with Crippen LogP contribution in [0.4, 0.5) is 0 Å². The molecule has 20 heavy (non-hydrogen) atoms. The van der Waals surface area contributed by atoms with Crippen molar-refractivity contribution < 1.29 is 19.2 Å². The molecule has 5 nitrogen and oxygen atoms in total. The number of amides is 1. The second kappa shape index (κ2) is 6.40. The van der Waals surface area contributed by atoms with Crippen molar-refractivity contribution in [1.82, 2.24) is 4.72 Å². The molecule has 0 aliphatic rings. The van der Waals surface area contributed by atoms with Crippen LogP contribution < -0.4 is 4.72 Å². The van der Waals surface area contributed by atoms with Crippen molar-refractivity contribution in [1.29, 1.82) is 0 Å². The van der Waals surface area contributed by atoms with Crippen LogP contribution in [0.15, 0.2) is 47.4 Å². The number of hydrogen-bond acceptors (Lipinski definition) is 3. The summed E-state index contributed by atoms with van der Waals surface area (Å²) in [6.07, 6.45) is -0.463. The van der Waals surface area contributed by atoms with Crippen LogP contribution in [0.3, 0.4) is 0 Å². The van der Waals surface area contributed by atoms with E-state index < -0.39 is 23.2 Å². The van der Waals surface area contributed by atoms with E-state index in [1.165, 1.54) is 0 Å². The molecule has 0 bridgehead atoms. The number of carboxylic acids is 1. The van der Waals surface area contributed by atoms with Gasteiger partial charge in [0.1, 0.15) is 11.4 Å². The number of carboxylic acid groups (broad SMARTS) is 1. The molecular formula is C14H13NO4S. The van der Waals surface area contributed by atoms with Gasteiger partial charge in [0.2, 0.25) is 0 Å². The zero-order chi connectivity index (χ0) is 14.5. The molecule has 1 atom stereocenters. The summed E-state index contributed by atoms with van der Waals surface area (Å²) in [7, 11) is 0. The van der Waals surface area contributed by atoms with Crippen molar-refractivity contribution in [3.63, 3.8) is 0 Å². The lowest BCUT2D eigenvalue weighted by Gasteiger charge is -2.10. The quantitative estimate of drug-likeness (QED) is 0.823. The molecule has 6 heteroatoms. The van der Waals surface area contributed by atoms with Gasteiger partial charge in [-0.05, 0) is 22.9 Å². The molecule has 1 amide bonds.